The zero-order valence-electron chi connectivity index (χ0n) is 15.7. The molecule has 0 aliphatic heterocycles. The molecule has 2 heterocycles. The summed E-state index contributed by atoms with van der Waals surface area (Å²) in [6.07, 6.45) is 0. The van der Waals surface area contributed by atoms with Gasteiger partial charge in [-0.15, -0.1) is 5.10 Å². The molecule has 8 heteroatoms. The van der Waals surface area contributed by atoms with E-state index in [9.17, 15) is 4.79 Å². The Labute approximate surface area is 156 Å². The van der Waals surface area contributed by atoms with Gasteiger partial charge >= 0.3 is 6.01 Å². The van der Waals surface area contributed by atoms with E-state index in [1.54, 1.807) is 38.1 Å². The molecule has 0 aliphatic carbocycles. The molecule has 0 saturated carbocycles. The summed E-state index contributed by atoms with van der Waals surface area (Å²) in [5.74, 6) is 2.29. The number of hydrogen-bond acceptors (Lipinski definition) is 7. The van der Waals surface area contributed by atoms with Gasteiger partial charge in [0.05, 0.1) is 18.8 Å². The van der Waals surface area contributed by atoms with Gasteiger partial charge in [-0.25, -0.2) is 0 Å². The Hall–Kier alpha value is -3.29. The number of rotatable bonds is 7. The minimum Gasteiger partial charge on any atom is -0.490 e. The summed E-state index contributed by atoms with van der Waals surface area (Å²) >= 11 is 0. The predicted octanol–water partition coefficient (Wildman–Crippen LogP) is 4.00. The summed E-state index contributed by atoms with van der Waals surface area (Å²) in [6, 6.07) is 6.99. The number of aromatic nitrogens is 2. The molecule has 27 heavy (non-hydrogen) atoms. The maximum atomic E-state index is 12.3. The van der Waals surface area contributed by atoms with Crippen molar-refractivity contribution in [1.29, 1.82) is 0 Å². The van der Waals surface area contributed by atoms with Crippen LogP contribution in [0, 0.1) is 13.8 Å². The van der Waals surface area contributed by atoms with E-state index in [4.69, 9.17) is 18.3 Å². The predicted molar refractivity (Wildman–Crippen MR) is 98.2 cm³/mol. The van der Waals surface area contributed by atoms with Gasteiger partial charge in [-0.05, 0) is 52.0 Å². The largest absolute Gasteiger partial charge is 0.490 e. The molecule has 0 aliphatic rings. The number of anilines is 1. The fourth-order valence-corrected chi connectivity index (χ4v) is 2.60. The third-order valence-corrected chi connectivity index (χ3v) is 3.72. The summed E-state index contributed by atoms with van der Waals surface area (Å²) in [4.78, 5) is 12.3. The van der Waals surface area contributed by atoms with Crippen LogP contribution in [0.25, 0.3) is 11.5 Å². The van der Waals surface area contributed by atoms with Gasteiger partial charge in [-0.2, -0.15) is 0 Å². The van der Waals surface area contributed by atoms with Crippen molar-refractivity contribution in [2.24, 2.45) is 0 Å². The first-order valence-electron chi connectivity index (χ1n) is 8.63. The summed E-state index contributed by atoms with van der Waals surface area (Å²) in [6.45, 7) is 8.32. The highest BCUT2D eigenvalue weighted by Crippen LogP contribution is 2.33. The lowest BCUT2D eigenvalue weighted by Gasteiger charge is -2.11. The molecule has 3 aromatic rings. The molecule has 0 atom stereocenters. The normalized spacial score (nSPS) is 10.7. The first kappa shape index (κ1) is 18.5. The quantitative estimate of drug-likeness (QED) is 0.670. The van der Waals surface area contributed by atoms with Gasteiger partial charge in [0, 0.05) is 5.56 Å². The van der Waals surface area contributed by atoms with Crippen LogP contribution in [0.4, 0.5) is 6.01 Å². The van der Waals surface area contributed by atoms with Crippen molar-refractivity contribution >= 4 is 11.9 Å². The first-order valence-corrected chi connectivity index (χ1v) is 8.63. The third-order valence-electron chi connectivity index (χ3n) is 3.72. The number of ether oxygens (including phenoxy) is 2. The fourth-order valence-electron chi connectivity index (χ4n) is 2.60. The van der Waals surface area contributed by atoms with Gasteiger partial charge in [0.25, 0.3) is 5.91 Å². The number of carbonyl (C=O) groups excluding carboxylic acids is 1. The number of nitrogens with zero attached hydrogens (tertiary/aromatic N) is 2. The molecule has 0 radical (unpaired) electrons. The van der Waals surface area contributed by atoms with Gasteiger partial charge in [0.1, 0.15) is 11.5 Å². The van der Waals surface area contributed by atoms with Crippen LogP contribution in [0.5, 0.6) is 11.5 Å². The molecule has 1 N–H and O–H groups in total. The molecule has 0 fully saturated rings. The number of furan rings is 1. The average Bonchev–Trinajstić information content (AvgIpc) is 3.23. The Morgan fingerprint density at radius 1 is 1.04 bits per heavy atom. The van der Waals surface area contributed by atoms with Crippen molar-refractivity contribution in [3.8, 4) is 23.0 Å². The van der Waals surface area contributed by atoms with Crippen LogP contribution in [0.3, 0.4) is 0 Å². The molecule has 1 amide bonds. The molecule has 0 unspecified atom stereocenters. The summed E-state index contributed by atoms with van der Waals surface area (Å²) in [7, 11) is 0. The maximum Gasteiger partial charge on any atom is 0.322 e. The molecule has 0 spiro atoms. The van der Waals surface area contributed by atoms with E-state index < -0.39 is 0 Å². The number of benzene rings is 1. The second-order valence-electron chi connectivity index (χ2n) is 5.72. The standard InChI is InChI=1S/C19H21N3O5/c1-5-24-15-8-7-13(10-16(15)25-6-2)18-21-22-19(27-18)20-17(23)14-9-11(3)26-12(14)4/h7-10H,5-6H2,1-4H3,(H,20,22,23). The minimum atomic E-state index is -0.374. The van der Waals surface area contributed by atoms with E-state index in [1.807, 2.05) is 13.8 Å². The van der Waals surface area contributed by atoms with E-state index in [-0.39, 0.29) is 17.8 Å². The van der Waals surface area contributed by atoms with Crippen LogP contribution in [-0.2, 0) is 0 Å². The number of amides is 1. The van der Waals surface area contributed by atoms with E-state index >= 15 is 0 Å². The molecule has 0 bridgehead atoms. The van der Waals surface area contributed by atoms with Crippen molar-refractivity contribution in [1.82, 2.24) is 10.2 Å². The molecular formula is C19H21N3O5. The topological polar surface area (TPSA) is 99.6 Å². The smallest absolute Gasteiger partial charge is 0.322 e. The van der Waals surface area contributed by atoms with Crippen molar-refractivity contribution in [3.05, 3.63) is 41.3 Å². The van der Waals surface area contributed by atoms with Crippen LogP contribution in [0.2, 0.25) is 0 Å². The van der Waals surface area contributed by atoms with Crippen molar-refractivity contribution in [2.45, 2.75) is 27.7 Å². The second-order valence-corrected chi connectivity index (χ2v) is 5.72. The number of hydrogen-bond donors (Lipinski definition) is 1. The third kappa shape index (κ3) is 4.11. The molecular weight excluding hydrogens is 350 g/mol. The zero-order chi connectivity index (χ0) is 19.4. The lowest BCUT2D eigenvalue weighted by atomic mass is 10.2. The van der Waals surface area contributed by atoms with E-state index in [0.717, 1.165) is 0 Å². The molecule has 1 aromatic carbocycles. The Kier molecular flexibility index (Phi) is 5.44. The molecule has 8 nitrogen and oxygen atoms in total. The highest BCUT2D eigenvalue weighted by Gasteiger charge is 2.18. The van der Waals surface area contributed by atoms with Gasteiger partial charge in [-0.1, -0.05) is 5.10 Å². The van der Waals surface area contributed by atoms with E-state index in [0.29, 0.717) is 47.4 Å². The second kappa shape index (κ2) is 7.94. The van der Waals surface area contributed by atoms with E-state index in [2.05, 4.69) is 15.5 Å². The van der Waals surface area contributed by atoms with Crippen LogP contribution >= 0.6 is 0 Å². The maximum absolute atomic E-state index is 12.3. The van der Waals surface area contributed by atoms with Gasteiger partial charge in [-0.3, -0.25) is 10.1 Å². The highest BCUT2D eigenvalue weighted by atomic mass is 16.5. The fraction of sp³-hybridized carbons (Fsp3) is 0.316. The van der Waals surface area contributed by atoms with Gasteiger partial charge in [0.2, 0.25) is 5.89 Å². The Morgan fingerprint density at radius 3 is 2.44 bits per heavy atom. The minimum absolute atomic E-state index is 0.0000904. The highest BCUT2D eigenvalue weighted by molar-refractivity contribution is 6.03. The molecule has 0 saturated heterocycles. The molecule has 142 valence electrons. The monoisotopic (exact) mass is 371 g/mol. The zero-order valence-corrected chi connectivity index (χ0v) is 15.7. The van der Waals surface area contributed by atoms with Gasteiger partial charge in [0.15, 0.2) is 11.5 Å². The lowest BCUT2D eigenvalue weighted by Crippen LogP contribution is -2.12. The number of nitrogens with one attached hydrogen (secondary N) is 1. The molecule has 2 aromatic heterocycles. The number of carbonyl (C=O) groups is 1. The SMILES string of the molecule is CCOc1ccc(-c2nnc(NC(=O)c3cc(C)oc3C)o2)cc1OCC. The summed E-state index contributed by atoms with van der Waals surface area (Å²) in [5, 5.41) is 10.4. The summed E-state index contributed by atoms with van der Waals surface area (Å²) in [5.41, 5.74) is 1.08. The Bertz CT molecular complexity index is 945. The Morgan fingerprint density at radius 2 is 1.78 bits per heavy atom. The van der Waals surface area contributed by atoms with Crippen molar-refractivity contribution in [2.75, 3.05) is 18.5 Å². The van der Waals surface area contributed by atoms with Crippen LogP contribution in [0.1, 0.15) is 35.7 Å². The lowest BCUT2D eigenvalue weighted by molar-refractivity contribution is 0.102. The Balaban J connectivity index is 1.80. The van der Waals surface area contributed by atoms with Crippen molar-refractivity contribution in [3.63, 3.8) is 0 Å². The van der Waals surface area contributed by atoms with Crippen LogP contribution < -0.4 is 14.8 Å². The summed E-state index contributed by atoms with van der Waals surface area (Å²) < 4.78 is 22.1. The van der Waals surface area contributed by atoms with Crippen LogP contribution in [0.15, 0.2) is 33.1 Å². The first-order chi connectivity index (χ1) is 13.0. The van der Waals surface area contributed by atoms with Crippen molar-refractivity contribution < 1.29 is 23.1 Å². The number of aryl methyl sites for hydroxylation is 2. The molecule has 3 rings (SSSR count). The van der Waals surface area contributed by atoms with Gasteiger partial charge < -0.3 is 18.3 Å². The van der Waals surface area contributed by atoms with E-state index in [1.165, 1.54) is 0 Å². The van der Waals surface area contributed by atoms with Crippen LogP contribution in [-0.4, -0.2) is 29.3 Å². The average molecular weight is 371 g/mol.